The maximum Gasteiger partial charge on any atom is 0.240 e. The van der Waals surface area contributed by atoms with Gasteiger partial charge in [0.15, 0.2) is 5.17 Å². The first-order valence-electron chi connectivity index (χ1n) is 9.11. The van der Waals surface area contributed by atoms with Gasteiger partial charge in [-0.05, 0) is 68.3 Å². The first-order valence-corrected chi connectivity index (χ1v) is 9.98. The number of carbonyl (C=O) groups excluding carboxylic acids is 2. The zero-order chi connectivity index (χ0) is 20.1. The van der Waals surface area contributed by atoms with E-state index in [4.69, 9.17) is 4.74 Å². The number of nitrogens with zero attached hydrogens (tertiary/aromatic N) is 1. The number of amides is 2. The summed E-state index contributed by atoms with van der Waals surface area (Å²) in [4.78, 5) is 28.9. The molecule has 0 radical (unpaired) electrons. The van der Waals surface area contributed by atoms with Crippen molar-refractivity contribution in [2.75, 3.05) is 11.9 Å². The Labute approximate surface area is 168 Å². The van der Waals surface area contributed by atoms with Gasteiger partial charge >= 0.3 is 0 Å². The van der Waals surface area contributed by atoms with Crippen molar-refractivity contribution in [2.24, 2.45) is 4.99 Å². The summed E-state index contributed by atoms with van der Waals surface area (Å²) < 4.78 is 5.40. The lowest BCUT2D eigenvalue weighted by Crippen LogP contribution is -2.28. The van der Waals surface area contributed by atoms with E-state index in [1.807, 2.05) is 63.2 Å². The normalized spacial score (nSPS) is 17.5. The van der Waals surface area contributed by atoms with Gasteiger partial charge in [-0.3, -0.25) is 9.59 Å². The van der Waals surface area contributed by atoms with Crippen molar-refractivity contribution < 1.29 is 14.3 Å². The molecule has 1 aliphatic heterocycles. The van der Waals surface area contributed by atoms with E-state index >= 15 is 0 Å². The minimum Gasteiger partial charge on any atom is -0.494 e. The molecule has 1 unspecified atom stereocenters. The fourth-order valence-corrected chi connectivity index (χ4v) is 3.68. The van der Waals surface area contributed by atoms with Crippen LogP contribution in [0.3, 0.4) is 0 Å². The highest BCUT2D eigenvalue weighted by atomic mass is 32.2. The van der Waals surface area contributed by atoms with Crippen molar-refractivity contribution in [1.82, 2.24) is 5.32 Å². The number of anilines is 1. The predicted octanol–water partition coefficient (Wildman–Crippen LogP) is 3.95. The van der Waals surface area contributed by atoms with Gasteiger partial charge in [0, 0.05) is 12.1 Å². The molecule has 2 N–H and O–H groups in total. The van der Waals surface area contributed by atoms with Crippen LogP contribution in [0.5, 0.6) is 5.75 Å². The second-order valence-corrected chi connectivity index (χ2v) is 7.68. The topological polar surface area (TPSA) is 79.8 Å². The summed E-state index contributed by atoms with van der Waals surface area (Å²) in [6, 6.07) is 13.1. The van der Waals surface area contributed by atoms with E-state index in [-0.39, 0.29) is 18.2 Å². The smallest absolute Gasteiger partial charge is 0.240 e. The van der Waals surface area contributed by atoms with Crippen molar-refractivity contribution in [1.29, 1.82) is 0 Å². The number of benzene rings is 2. The summed E-state index contributed by atoms with van der Waals surface area (Å²) in [5.41, 5.74) is 3.72. The molecule has 1 atom stereocenters. The molecule has 6 nitrogen and oxygen atoms in total. The van der Waals surface area contributed by atoms with Crippen LogP contribution in [0.25, 0.3) is 0 Å². The average Bonchev–Trinajstić information content (AvgIpc) is 2.99. The SMILES string of the molecule is CCOc1ccc(N=C2NC(=O)C(CC(=O)Nc3ccc(C)c(C)c3)S2)cc1. The van der Waals surface area contributed by atoms with E-state index in [1.165, 1.54) is 17.3 Å². The predicted molar refractivity (Wildman–Crippen MR) is 113 cm³/mol. The Balaban J connectivity index is 1.59. The van der Waals surface area contributed by atoms with Crippen LogP contribution in [-0.4, -0.2) is 28.8 Å². The van der Waals surface area contributed by atoms with Crippen LogP contribution in [0.1, 0.15) is 24.5 Å². The Morgan fingerprint density at radius 2 is 1.93 bits per heavy atom. The number of hydrogen-bond acceptors (Lipinski definition) is 5. The van der Waals surface area contributed by atoms with E-state index in [1.54, 1.807) is 0 Å². The summed E-state index contributed by atoms with van der Waals surface area (Å²) >= 11 is 1.27. The van der Waals surface area contributed by atoms with Gasteiger partial charge in [0.05, 0.1) is 12.3 Å². The van der Waals surface area contributed by atoms with E-state index < -0.39 is 5.25 Å². The standard InChI is InChI=1S/C21H23N3O3S/c1-4-27-17-9-7-15(8-10-17)23-21-24-20(26)18(28-21)12-19(25)22-16-6-5-13(2)14(3)11-16/h5-11,18H,4,12H2,1-3H3,(H,22,25)(H,23,24,26). The molecular weight excluding hydrogens is 374 g/mol. The number of rotatable bonds is 6. The highest BCUT2D eigenvalue weighted by molar-refractivity contribution is 8.15. The maximum absolute atomic E-state index is 12.3. The monoisotopic (exact) mass is 397 g/mol. The lowest BCUT2D eigenvalue weighted by atomic mass is 10.1. The molecule has 3 rings (SSSR count). The van der Waals surface area contributed by atoms with Crippen LogP contribution < -0.4 is 15.4 Å². The van der Waals surface area contributed by atoms with Crippen molar-refractivity contribution in [3.05, 3.63) is 53.6 Å². The second kappa shape index (κ2) is 8.93. The fraction of sp³-hybridized carbons (Fsp3) is 0.286. The summed E-state index contributed by atoms with van der Waals surface area (Å²) in [6.07, 6.45) is 0.0890. The van der Waals surface area contributed by atoms with Gasteiger partial charge in [-0.25, -0.2) is 4.99 Å². The van der Waals surface area contributed by atoms with Crippen molar-refractivity contribution in [3.63, 3.8) is 0 Å². The highest BCUT2D eigenvalue weighted by Gasteiger charge is 2.32. The van der Waals surface area contributed by atoms with Crippen molar-refractivity contribution >= 4 is 40.1 Å². The molecule has 0 aromatic heterocycles. The van der Waals surface area contributed by atoms with Gasteiger partial charge in [-0.15, -0.1) is 0 Å². The van der Waals surface area contributed by atoms with E-state index in [0.29, 0.717) is 17.5 Å². The van der Waals surface area contributed by atoms with Crippen LogP contribution in [0.2, 0.25) is 0 Å². The number of aryl methyl sites for hydroxylation is 2. The number of nitrogens with one attached hydrogen (secondary N) is 2. The molecule has 28 heavy (non-hydrogen) atoms. The number of thioether (sulfide) groups is 1. The van der Waals surface area contributed by atoms with E-state index in [9.17, 15) is 9.59 Å². The molecule has 0 bridgehead atoms. The lowest BCUT2D eigenvalue weighted by Gasteiger charge is -2.09. The van der Waals surface area contributed by atoms with Gasteiger partial charge in [0.2, 0.25) is 11.8 Å². The zero-order valence-corrected chi connectivity index (χ0v) is 16.9. The van der Waals surface area contributed by atoms with Crippen LogP contribution in [0.4, 0.5) is 11.4 Å². The van der Waals surface area contributed by atoms with Gasteiger partial charge in [0.25, 0.3) is 0 Å². The average molecular weight is 398 g/mol. The molecule has 0 saturated carbocycles. The van der Waals surface area contributed by atoms with E-state index in [2.05, 4.69) is 15.6 Å². The molecule has 2 aromatic carbocycles. The minimum atomic E-state index is -0.493. The second-order valence-electron chi connectivity index (χ2n) is 6.49. The summed E-state index contributed by atoms with van der Waals surface area (Å²) in [5, 5.41) is 5.60. The lowest BCUT2D eigenvalue weighted by molar-refractivity contribution is -0.122. The Morgan fingerprint density at radius 3 is 2.61 bits per heavy atom. The Bertz CT molecular complexity index is 910. The number of carbonyl (C=O) groups is 2. The number of ether oxygens (including phenoxy) is 1. The van der Waals surface area contributed by atoms with E-state index in [0.717, 1.165) is 17.0 Å². The van der Waals surface area contributed by atoms with Crippen LogP contribution >= 0.6 is 11.8 Å². The number of aliphatic imine (C=N–C) groups is 1. The molecular formula is C21H23N3O3S. The van der Waals surface area contributed by atoms with Crippen molar-refractivity contribution in [3.8, 4) is 5.75 Å². The third kappa shape index (κ3) is 5.13. The van der Waals surface area contributed by atoms with Crippen LogP contribution in [0.15, 0.2) is 47.5 Å². The Kier molecular flexibility index (Phi) is 6.36. The summed E-state index contributed by atoms with van der Waals surface area (Å²) in [6.45, 7) is 6.54. The molecule has 1 saturated heterocycles. The molecule has 1 aliphatic rings. The Morgan fingerprint density at radius 1 is 1.18 bits per heavy atom. The first kappa shape index (κ1) is 19.9. The maximum atomic E-state index is 12.3. The largest absolute Gasteiger partial charge is 0.494 e. The first-order chi connectivity index (χ1) is 13.4. The van der Waals surface area contributed by atoms with Gasteiger partial charge in [0.1, 0.15) is 11.0 Å². The van der Waals surface area contributed by atoms with Crippen LogP contribution in [0, 0.1) is 13.8 Å². The minimum absolute atomic E-state index is 0.0890. The van der Waals surface area contributed by atoms with Gasteiger partial charge in [-0.2, -0.15) is 0 Å². The Hall–Kier alpha value is -2.80. The molecule has 2 aromatic rings. The zero-order valence-electron chi connectivity index (χ0n) is 16.1. The van der Waals surface area contributed by atoms with Crippen molar-refractivity contribution in [2.45, 2.75) is 32.4 Å². The number of hydrogen-bond donors (Lipinski definition) is 2. The molecule has 1 fully saturated rings. The third-order valence-electron chi connectivity index (χ3n) is 4.32. The highest BCUT2D eigenvalue weighted by Crippen LogP contribution is 2.26. The van der Waals surface area contributed by atoms with Gasteiger partial charge in [-0.1, -0.05) is 17.8 Å². The summed E-state index contributed by atoms with van der Waals surface area (Å²) in [7, 11) is 0. The number of amidine groups is 1. The molecule has 2 amide bonds. The molecule has 0 spiro atoms. The molecule has 1 heterocycles. The van der Waals surface area contributed by atoms with Crippen LogP contribution in [-0.2, 0) is 9.59 Å². The molecule has 7 heteroatoms. The molecule has 0 aliphatic carbocycles. The summed E-state index contributed by atoms with van der Waals surface area (Å²) in [5.74, 6) is 0.374. The van der Waals surface area contributed by atoms with Gasteiger partial charge < -0.3 is 15.4 Å². The fourth-order valence-electron chi connectivity index (χ4n) is 2.69. The third-order valence-corrected chi connectivity index (χ3v) is 5.40. The quantitative estimate of drug-likeness (QED) is 0.773. The molecule has 146 valence electrons.